The number of aryl methyl sites for hydroxylation is 1. The van der Waals surface area contributed by atoms with E-state index in [4.69, 9.17) is 5.73 Å². The molecule has 84 valence electrons. The fraction of sp³-hybridized carbons (Fsp3) is 0.167. The Kier molecular flexibility index (Phi) is 3.83. The van der Waals surface area contributed by atoms with E-state index in [1.165, 1.54) is 7.11 Å². The van der Waals surface area contributed by atoms with Crippen LogP contribution in [0.5, 0.6) is 0 Å². The number of rotatable bonds is 3. The molecule has 0 aliphatic heterocycles. The van der Waals surface area contributed by atoms with E-state index in [-0.39, 0.29) is 11.5 Å². The molecule has 0 spiro atoms. The zero-order valence-electron chi connectivity index (χ0n) is 9.19. The molecule has 0 atom stereocenters. The summed E-state index contributed by atoms with van der Waals surface area (Å²) in [5.74, 6) is -1.02. The summed E-state index contributed by atoms with van der Waals surface area (Å²) in [4.78, 5) is 22.6. The molecule has 0 unspecified atom stereocenters. The molecule has 0 heterocycles. The second kappa shape index (κ2) is 5.11. The van der Waals surface area contributed by atoms with Crippen LogP contribution in [0.4, 0.5) is 0 Å². The Hall–Kier alpha value is -2.10. The largest absolute Gasteiger partial charge is 0.464 e. The molecule has 1 aromatic carbocycles. The minimum absolute atomic E-state index is 0.201. The van der Waals surface area contributed by atoms with E-state index in [2.05, 4.69) is 4.74 Å². The lowest BCUT2D eigenvalue weighted by Crippen LogP contribution is -2.14. The third-order valence-corrected chi connectivity index (χ3v) is 2.04. The summed E-state index contributed by atoms with van der Waals surface area (Å²) < 4.78 is 4.38. The standard InChI is InChI=1S/C12H13NO3/c1-8-3-5-9(6-4-8)11(14)7-10(13)12(15)16-2/h3-7H,13H2,1-2H3. The monoisotopic (exact) mass is 219 g/mol. The van der Waals surface area contributed by atoms with E-state index >= 15 is 0 Å². The van der Waals surface area contributed by atoms with Crippen molar-refractivity contribution in [3.63, 3.8) is 0 Å². The molecule has 4 heteroatoms. The third kappa shape index (κ3) is 2.95. The first-order valence-corrected chi connectivity index (χ1v) is 4.71. The van der Waals surface area contributed by atoms with Crippen molar-refractivity contribution in [1.29, 1.82) is 0 Å². The highest BCUT2D eigenvalue weighted by Crippen LogP contribution is 2.05. The van der Waals surface area contributed by atoms with Crippen LogP contribution in [0.15, 0.2) is 36.0 Å². The maximum Gasteiger partial charge on any atom is 0.354 e. The minimum Gasteiger partial charge on any atom is -0.464 e. The second-order valence-corrected chi connectivity index (χ2v) is 3.32. The Labute approximate surface area is 93.7 Å². The molecule has 16 heavy (non-hydrogen) atoms. The molecule has 4 nitrogen and oxygen atoms in total. The normalized spacial score (nSPS) is 11.0. The van der Waals surface area contributed by atoms with Gasteiger partial charge in [-0.2, -0.15) is 0 Å². The van der Waals surface area contributed by atoms with Crippen molar-refractivity contribution in [3.05, 3.63) is 47.2 Å². The first kappa shape index (κ1) is 12.0. The van der Waals surface area contributed by atoms with Gasteiger partial charge in [0.1, 0.15) is 5.70 Å². The third-order valence-electron chi connectivity index (χ3n) is 2.04. The number of ether oxygens (including phenoxy) is 1. The lowest BCUT2D eigenvalue weighted by Gasteiger charge is -1.99. The van der Waals surface area contributed by atoms with Crippen LogP contribution in [0.2, 0.25) is 0 Å². The van der Waals surface area contributed by atoms with Gasteiger partial charge in [-0.15, -0.1) is 0 Å². The van der Waals surface area contributed by atoms with Crippen molar-refractivity contribution < 1.29 is 14.3 Å². The highest BCUT2D eigenvalue weighted by molar-refractivity contribution is 6.08. The van der Waals surface area contributed by atoms with Crippen LogP contribution in [0, 0.1) is 6.92 Å². The van der Waals surface area contributed by atoms with Crippen molar-refractivity contribution in [2.75, 3.05) is 7.11 Å². The Morgan fingerprint density at radius 2 is 1.81 bits per heavy atom. The van der Waals surface area contributed by atoms with Crippen LogP contribution in [0.3, 0.4) is 0 Å². The quantitative estimate of drug-likeness (QED) is 0.471. The highest BCUT2D eigenvalue weighted by Gasteiger charge is 2.08. The number of methoxy groups -OCH3 is 1. The van der Waals surface area contributed by atoms with Gasteiger partial charge < -0.3 is 10.5 Å². The molecule has 2 N–H and O–H groups in total. The Morgan fingerprint density at radius 3 is 2.31 bits per heavy atom. The van der Waals surface area contributed by atoms with Crippen LogP contribution < -0.4 is 5.73 Å². The number of benzene rings is 1. The van der Waals surface area contributed by atoms with Gasteiger partial charge in [-0.05, 0) is 6.92 Å². The Balaban J connectivity index is 2.87. The number of allylic oxidation sites excluding steroid dienone is 1. The molecule has 1 aromatic rings. The number of carbonyl (C=O) groups excluding carboxylic acids is 2. The SMILES string of the molecule is COC(=O)C(N)=CC(=O)c1ccc(C)cc1. The summed E-state index contributed by atoms with van der Waals surface area (Å²) in [6.07, 6.45) is 1.07. The van der Waals surface area contributed by atoms with Crippen molar-refractivity contribution in [1.82, 2.24) is 0 Å². The molecule has 0 aliphatic rings. The molecule has 0 saturated heterocycles. The fourth-order valence-corrected chi connectivity index (χ4v) is 1.12. The Bertz CT molecular complexity index is 432. The average molecular weight is 219 g/mol. The van der Waals surface area contributed by atoms with Crippen LogP contribution in [0.1, 0.15) is 15.9 Å². The number of hydrogen-bond acceptors (Lipinski definition) is 4. The fourth-order valence-electron chi connectivity index (χ4n) is 1.12. The topological polar surface area (TPSA) is 69.4 Å². The molecular weight excluding hydrogens is 206 g/mol. The second-order valence-electron chi connectivity index (χ2n) is 3.32. The molecule has 0 saturated carbocycles. The lowest BCUT2D eigenvalue weighted by molar-refractivity contribution is -0.136. The highest BCUT2D eigenvalue weighted by atomic mass is 16.5. The Morgan fingerprint density at radius 1 is 1.25 bits per heavy atom. The number of carbonyl (C=O) groups is 2. The van der Waals surface area contributed by atoms with Crippen molar-refractivity contribution in [2.45, 2.75) is 6.92 Å². The number of hydrogen-bond donors (Lipinski definition) is 1. The van der Waals surface area contributed by atoms with Crippen LogP contribution in [-0.2, 0) is 9.53 Å². The molecule has 0 radical (unpaired) electrons. The molecule has 0 aliphatic carbocycles. The first-order valence-electron chi connectivity index (χ1n) is 4.71. The van der Waals surface area contributed by atoms with Gasteiger partial charge in [0.15, 0.2) is 5.78 Å². The number of esters is 1. The number of ketones is 1. The molecule has 1 rings (SSSR count). The molecule has 0 aromatic heterocycles. The first-order chi connectivity index (χ1) is 7.54. The predicted octanol–water partition coefficient (Wildman–Crippen LogP) is 1.19. The van der Waals surface area contributed by atoms with Crippen LogP contribution in [-0.4, -0.2) is 18.9 Å². The molecular formula is C12H13NO3. The van der Waals surface area contributed by atoms with E-state index in [0.717, 1.165) is 11.6 Å². The van der Waals surface area contributed by atoms with Gasteiger partial charge in [0.05, 0.1) is 7.11 Å². The van der Waals surface area contributed by atoms with E-state index in [1.54, 1.807) is 12.1 Å². The van der Waals surface area contributed by atoms with E-state index in [1.807, 2.05) is 19.1 Å². The maximum atomic E-state index is 11.6. The van der Waals surface area contributed by atoms with Gasteiger partial charge >= 0.3 is 5.97 Å². The average Bonchev–Trinajstić information content (AvgIpc) is 2.28. The zero-order chi connectivity index (χ0) is 12.1. The summed E-state index contributed by atoms with van der Waals surface area (Å²) in [7, 11) is 1.21. The van der Waals surface area contributed by atoms with Gasteiger partial charge in [0.25, 0.3) is 0 Å². The van der Waals surface area contributed by atoms with Crippen LogP contribution in [0.25, 0.3) is 0 Å². The van der Waals surface area contributed by atoms with Crippen molar-refractivity contribution in [3.8, 4) is 0 Å². The van der Waals surface area contributed by atoms with Gasteiger partial charge in [0.2, 0.25) is 0 Å². The van der Waals surface area contributed by atoms with E-state index < -0.39 is 5.97 Å². The molecule has 0 bridgehead atoms. The summed E-state index contributed by atoms with van der Waals surface area (Å²) in [5, 5.41) is 0. The van der Waals surface area contributed by atoms with Gasteiger partial charge in [-0.25, -0.2) is 4.79 Å². The summed E-state index contributed by atoms with van der Waals surface area (Å²) >= 11 is 0. The summed E-state index contributed by atoms with van der Waals surface area (Å²) in [5.41, 5.74) is 6.70. The van der Waals surface area contributed by atoms with Gasteiger partial charge in [-0.1, -0.05) is 29.8 Å². The smallest absolute Gasteiger partial charge is 0.354 e. The van der Waals surface area contributed by atoms with Crippen molar-refractivity contribution >= 4 is 11.8 Å². The lowest BCUT2D eigenvalue weighted by atomic mass is 10.1. The van der Waals surface area contributed by atoms with Gasteiger partial charge in [-0.3, -0.25) is 4.79 Å². The van der Waals surface area contributed by atoms with Gasteiger partial charge in [0, 0.05) is 11.6 Å². The predicted molar refractivity (Wildman–Crippen MR) is 59.8 cm³/mol. The summed E-state index contributed by atoms with van der Waals surface area (Å²) in [6, 6.07) is 6.99. The maximum absolute atomic E-state index is 11.6. The molecule has 0 amide bonds. The van der Waals surface area contributed by atoms with Crippen molar-refractivity contribution in [2.24, 2.45) is 5.73 Å². The zero-order valence-corrected chi connectivity index (χ0v) is 9.19. The minimum atomic E-state index is -0.708. The summed E-state index contributed by atoms with van der Waals surface area (Å²) in [6.45, 7) is 1.92. The van der Waals surface area contributed by atoms with Crippen LogP contribution >= 0.6 is 0 Å². The number of nitrogens with two attached hydrogens (primary N) is 1. The molecule has 0 fully saturated rings. The van der Waals surface area contributed by atoms with E-state index in [0.29, 0.717) is 5.56 Å². The van der Waals surface area contributed by atoms with E-state index in [9.17, 15) is 9.59 Å².